The molecular formula is C14H19N5O. The third-order valence-corrected chi connectivity index (χ3v) is 3.22. The van der Waals surface area contributed by atoms with Crippen molar-refractivity contribution in [1.82, 2.24) is 14.5 Å². The van der Waals surface area contributed by atoms with Crippen molar-refractivity contribution in [3.05, 3.63) is 39.8 Å². The summed E-state index contributed by atoms with van der Waals surface area (Å²) < 4.78 is 1.56. The molecule has 2 aromatic rings. The molecule has 6 nitrogen and oxygen atoms in total. The number of aromatic nitrogens is 3. The number of nitrogens with two attached hydrogens (primary N) is 1. The lowest BCUT2D eigenvalue weighted by Crippen LogP contribution is -2.33. The Kier molecular flexibility index (Phi) is 3.85. The molecule has 0 bridgehead atoms. The molecule has 2 N–H and O–H groups in total. The predicted molar refractivity (Wildman–Crippen MR) is 79.5 cm³/mol. The molecule has 0 saturated carbocycles. The molecular weight excluding hydrogens is 254 g/mol. The van der Waals surface area contributed by atoms with Gasteiger partial charge in [0.15, 0.2) is 0 Å². The third kappa shape index (κ3) is 2.42. The fraction of sp³-hybridized carbons (Fsp3) is 0.357. The topological polar surface area (TPSA) is 77.0 Å². The molecule has 0 spiro atoms. The zero-order valence-corrected chi connectivity index (χ0v) is 12.2. The summed E-state index contributed by atoms with van der Waals surface area (Å²) in [5.41, 5.74) is 2.75. The van der Waals surface area contributed by atoms with Gasteiger partial charge in [-0.25, -0.2) is 10.6 Å². The first-order valence-electron chi connectivity index (χ1n) is 6.49. The molecule has 6 heteroatoms. The largest absolute Gasteiger partial charge is 0.352 e. The van der Waals surface area contributed by atoms with Crippen molar-refractivity contribution in [2.75, 3.05) is 12.1 Å². The Bertz CT molecular complexity index is 670. The summed E-state index contributed by atoms with van der Waals surface area (Å²) in [5, 5.41) is 1.25. The van der Waals surface area contributed by atoms with E-state index in [9.17, 15) is 4.79 Å². The SMILES string of the molecule is CCn1c(-c2c(C)cccc2C)nc(N(C)N)nc1=O. The van der Waals surface area contributed by atoms with Gasteiger partial charge in [0.2, 0.25) is 5.95 Å². The van der Waals surface area contributed by atoms with Crippen molar-refractivity contribution in [2.24, 2.45) is 5.84 Å². The average Bonchev–Trinajstić information content (AvgIpc) is 2.38. The van der Waals surface area contributed by atoms with Crippen LogP contribution in [0.5, 0.6) is 0 Å². The Labute approximate surface area is 117 Å². The number of benzene rings is 1. The second kappa shape index (κ2) is 5.42. The molecule has 0 amide bonds. The van der Waals surface area contributed by atoms with Crippen LogP contribution in [0, 0.1) is 13.8 Å². The van der Waals surface area contributed by atoms with Crippen molar-refractivity contribution in [2.45, 2.75) is 27.3 Å². The molecule has 0 radical (unpaired) electrons. The Morgan fingerprint density at radius 3 is 2.35 bits per heavy atom. The summed E-state index contributed by atoms with van der Waals surface area (Å²) in [7, 11) is 1.61. The van der Waals surface area contributed by atoms with Crippen LogP contribution in [0.3, 0.4) is 0 Å². The number of nitrogens with zero attached hydrogens (tertiary/aromatic N) is 4. The number of aryl methyl sites for hydroxylation is 2. The molecule has 0 unspecified atom stereocenters. The zero-order chi connectivity index (χ0) is 14.9. The molecule has 0 aliphatic heterocycles. The highest BCUT2D eigenvalue weighted by Crippen LogP contribution is 2.25. The van der Waals surface area contributed by atoms with E-state index in [4.69, 9.17) is 5.84 Å². The number of hydrogen-bond donors (Lipinski definition) is 1. The highest BCUT2D eigenvalue weighted by Gasteiger charge is 2.15. The van der Waals surface area contributed by atoms with E-state index in [-0.39, 0.29) is 11.6 Å². The van der Waals surface area contributed by atoms with Crippen LogP contribution in [0.4, 0.5) is 5.95 Å². The summed E-state index contributed by atoms with van der Waals surface area (Å²) in [4.78, 5) is 20.5. The van der Waals surface area contributed by atoms with Gasteiger partial charge in [0.05, 0.1) is 0 Å². The van der Waals surface area contributed by atoms with Crippen LogP contribution in [-0.2, 0) is 6.54 Å². The van der Waals surface area contributed by atoms with Gasteiger partial charge in [-0.2, -0.15) is 9.97 Å². The van der Waals surface area contributed by atoms with Crippen LogP contribution >= 0.6 is 0 Å². The lowest BCUT2D eigenvalue weighted by molar-refractivity contribution is 0.678. The molecule has 0 saturated heterocycles. The highest BCUT2D eigenvalue weighted by atomic mass is 16.1. The molecule has 1 heterocycles. The van der Waals surface area contributed by atoms with Crippen molar-refractivity contribution in [1.29, 1.82) is 0 Å². The van der Waals surface area contributed by atoms with Gasteiger partial charge in [-0.1, -0.05) is 18.2 Å². The Morgan fingerprint density at radius 1 is 1.25 bits per heavy atom. The predicted octanol–water partition coefficient (Wildman–Crippen LogP) is 1.25. The number of anilines is 1. The minimum Gasteiger partial charge on any atom is -0.282 e. The summed E-state index contributed by atoms with van der Waals surface area (Å²) in [6, 6.07) is 5.99. The standard InChI is InChI=1S/C14H19N5O/c1-5-19-12(11-9(2)7-6-8-10(11)3)16-13(18(4)15)17-14(19)20/h6-8H,5,15H2,1-4H3. The van der Waals surface area contributed by atoms with Crippen LogP contribution in [0.25, 0.3) is 11.4 Å². The minimum atomic E-state index is -0.340. The maximum absolute atomic E-state index is 12.1. The summed E-state index contributed by atoms with van der Waals surface area (Å²) >= 11 is 0. The van der Waals surface area contributed by atoms with Gasteiger partial charge in [0.25, 0.3) is 0 Å². The van der Waals surface area contributed by atoms with Gasteiger partial charge < -0.3 is 0 Å². The second-order valence-electron chi connectivity index (χ2n) is 4.75. The van der Waals surface area contributed by atoms with E-state index in [1.54, 1.807) is 11.6 Å². The minimum absolute atomic E-state index is 0.220. The molecule has 0 aliphatic carbocycles. The van der Waals surface area contributed by atoms with E-state index in [0.717, 1.165) is 16.7 Å². The average molecular weight is 273 g/mol. The fourth-order valence-electron chi connectivity index (χ4n) is 2.22. The van der Waals surface area contributed by atoms with Gasteiger partial charge in [0.1, 0.15) is 5.82 Å². The quantitative estimate of drug-likeness (QED) is 0.673. The van der Waals surface area contributed by atoms with Gasteiger partial charge in [-0.05, 0) is 31.9 Å². The Balaban J connectivity index is 2.81. The van der Waals surface area contributed by atoms with Crippen molar-refractivity contribution >= 4 is 5.95 Å². The highest BCUT2D eigenvalue weighted by molar-refractivity contribution is 5.65. The maximum Gasteiger partial charge on any atom is 0.352 e. The van der Waals surface area contributed by atoms with E-state index in [0.29, 0.717) is 12.4 Å². The normalized spacial score (nSPS) is 10.7. The van der Waals surface area contributed by atoms with E-state index in [1.807, 2.05) is 39.0 Å². The Morgan fingerprint density at radius 2 is 1.85 bits per heavy atom. The first-order valence-corrected chi connectivity index (χ1v) is 6.49. The monoisotopic (exact) mass is 273 g/mol. The number of rotatable bonds is 3. The van der Waals surface area contributed by atoms with Crippen LogP contribution in [0.15, 0.2) is 23.0 Å². The van der Waals surface area contributed by atoms with Crippen LogP contribution in [-0.4, -0.2) is 21.6 Å². The number of hydrogen-bond acceptors (Lipinski definition) is 5. The van der Waals surface area contributed by atoms with E-state index < -0.39 is 0 Å². The molecule has 0 fully saturated rings. The van der Waals surface area contributed by atoms with Gasteiger partial charge in [-0.3, -0.25) is 9.58 Å². The van der Waals surface area contributed by atoms with E-state index in [2.05, 4.69) is 9.97 Å². The summed E-state index contributed by atoms with van der Waals surface area (Å²) in [6.07, 6.45) is 0. The second-order valence-corrected chi connectivity index (χ2v) is 4.75. The first-order chi connectivity index (χ1) is 9.45. The lowest BCUT2D eigenvalue weighted by Gasteiger charge is -2.17. The number of hydrazine groups is 1. The van der Waals surface area contributed by atoms with Crippen LogP contribution in [0.2, 0.25) is 0 Å². The third-order valence-electron chi connectivity index (χ3n) is 3.22. The van der Waals surface area contributed by atoms with Gasteiger partial charge >= 0.3 is 5.69 Å². The van der Waals surface area contributed by atoms with E-state index in [1.165, 1.54) is 5.01 Å². The Hall–Kier alpha value is -2.21. The lowest BCUT2D eigenvalue weighted by atomic mass is 10.0. The van der Waals surface area contributed by atoms with Crippen molar-refractivity contribution in [3.63, 3.8) is 0 Å². The molecule has 2 rings (SSSR count). The van der Waals surface area contributed by atoms with Crippen molar-refractivity contribution in [3.8, 4) is 11.4 Å². The summed E-state index contributed by atoms with van der Waals surface area (Å²) in [6.45, 7) is 6.41. The van der Waals surface area contributed by atoms with Crippen molar-refractivity contribution < 1.29 is 0 Å². The zero-order valence-electron chi connectivity index (χ0n) is 12.2. The molecule has 20 heavy (non-hydrogen) atoms. The van der Waals surface area contributed by atoms with Gasteiger partial charge in [-0.15, -0.1) is 0 Å². The summed E-state index contributed by atoms with van der Waals surface area (Å²) in [5.74, 6) is 6.48. The molecule has 1 aromatic carbocycles. The smallest absolute Gasteiger partial charge is 0.282 e. The molecule has 106 valence electrons. The first kappa shape index (κ1) is 14.2. The van der Waals surface area contributed by atoms with Crippen LogP contribution < -0.4 is 16.5 Å². The molecule has 0 atom stereocenters. The molecule has 1 aromatic heterocycles. The van der Waals surface area contributed by atoms with Crippen LogP contribution in [0.1, 0.15) is 18.1 Å². The fourth-order valence-corrected chi connectivity index (χ4v) is 2.22. The molecule has 0 aliphatic rings. The van der Waals surface area contributed by atoms with E-state index >= 15 is 0 Å². The maximum atomic E-state index is 12.1. The van der Waals surface area contributed by atoms with Gasteiger partial charge in [0, 0.05) is 19.2 Å².